The molecule has 2 fully saturated rings. The largest absolute Gasteiger partial charge is 0.460 e. The van der Waals surface area contributed by atoms with E-state index in [0.717, 1.165) is 19.3 Å². The molecule has 4 nitrogen and oxygen atoms in total. The second-order valence-corrected chi connectivity index (χ2v) is 4.59. The van der Waals surface area contributed by atoms with E-state index in [4.69, 9.17) is 4.74 Å². The van der Waals surface area contributed by atoms with Gasteiger partial charge in [-0.15, -0.1) is 0 Å². The number of hydrogen-bond donors (Lipinski definition) is 0. The molecule has 0 aromatic heterocycles. The molecule has 0 aromatic carbocycles. The molecule has 0 spiro atoms. The number of ether oxygens (including phenoxy) is 1. The van der Waals surface area contributed by atoms with Crippen LogP contribution < -0.4 is 0 Å². The minimum Gasteiger partial charge on any atom is -0.460 e. The van der Waals surface area contributed by atoms with Crippen LogP contribution in [0.2, 0.25) is 0 Å². The SMILES string of the molecule is O=C1CCC2N=CC(=O)[C@H]3CCC3C2O1. The summed E-state index contributed by atoms with van der Waals surface area (Å²) in [7, 11) is 0. The zero-order valence-electron chi connectivity index (χ0n) is 8.39. The van der Waals surface area contributed by atoms with Crippen molar-refractivity contribution in [1.82, 2.24) is 0 Å². The highest BCUT2D eigenvalue weighted by molar-refractivity contribution is 6.29. The summed E-state index contributed by atoms with van der Waals surface area (Å²) in [5.74, 6) is 0.284. The topological polar surface area (TPSA) is 55.7 Å². The van der Waals surface area contributed by atoms with Crippen molar-refractivity contribution in [2.24, 2.45) is 16.8 Å². The monoisotopic (exact) mass is 207 g/mol. The van der Waals surface area contributed by atoms with Crippen LogP contribution in [0.5, 0.6) is 0 Å². The fraction of sp³-hybridized carbons (Fsp3) is 0.727. The van der Waals surface area contributed by atoms with Gasteiger partial charge in [-0.05, 0) is 19.3 Å². The maximum Gasteiger partial charge on any atom is 0.306 e. The predicted octanol–water partition coefficient (Wildman–Crippen LogP) is 0.740. The zero-order chi connectivity index (χ0) is 10.4. The maximum atomic E-state index is 11.6. The van der Waals surface area contributed by atoms with Crippen molar-refractivity contribution in [3.63, 3.8) is 0 Å². The van der Waals surface area contributed by atoms with Crippen molar-refractivity contribution in [1.29, 1.82) is 0 Å². The molecule has 1 saturated carbocycles. The lowest BCUT2D eigenvalue weighted by atomic mass is 9.67. The molecule has 0 bridgehead atoms. The van der Waals surface area contributed by atoms with Gasteiger partial charge in [0.25, 0.3) is 0 Å². The summed E-state index contributed by atoms with van der Waals surface area (Å²) in [4.78, 5) is 27.1. The lowest BCUT2D eigenvalue weighted by Gasteiger charge is -2.41. The third kappa shape index (κ3) is 1.31. The minimum atomic E-state index is -0.133. The number of ketones is 1. The molecule has 0 N–H and O–H groups in total. The number of esters is 1. The lowest BCUT2D eigenvalue weighted by molar-refractivity contribution is -0.164. The van der Waals surface area contributed by atoms with Crippen molar-refractivity contribution in [3.05, 3.63) is 0 Å². The van der Waals surface area contributed by atoms with Crippen LogP contribution in [0.15, 0.2) is 4.99 Å². The molecule has 2 aliphatic heterocycles. The molecule has 2 heterocycles. The molecule has 3 aliphatic rings. The Hall–Kier alpha value is -1.19. The van der Waals surface area contributed by atoms with Crippen molar-refractivity contribution in [3.8, 4) is 0 Å². The Balaban J connectivity index is 1.89. The Morgan fingerprint density at radius 1 is 1.27 bits per heavy atom. The van der Waals surface area contributed by atoms with Crippen molar-refractivity contribution in [2.45, 2.75) is 37.8 Å². The number of fused-ring (bicyclic) bond motifs is 3. The highest BCUT2D eigenvalue weighted by Crippen LogP contribution is 2.43. The lowest BCUT2D eigenvalue weighted by Crippen LogP contribution is -2.47. The number of carbonyl (C=O) groups is 2. The quantitative estimate of drug-likeness (QED) is 0.550. The Morgan fingerprint density at radius 2 is 2.13 bits per heavy atom. The summed E-state index contributed by atoms with van der Waals surface area (Å²) in [6, 6.07) is 0.0296. The van der Waals surface area contributed by atoms with Crippen molar-refractivity contribution >= 4 is 18.0 Å². The molecule has 80 valence electrons. The summed E-state index contributed by atoms with van der Waals surface area (Å²) in [5.41, 5.74) is 0. The summed E-state index contributed by atoms with van der Waals surface area (Å²) in [6.07, 6.45) is 4.42. The van der Waals surface area contributed by atoms with Gasteiger partial charge in [0.1, 0.15) is 6.10 Å². The molecular formula is C11H13NO3. The van der Waals surface area contributed by atoms with Gasteiger partial charge < -0.3 is 4.74 Å². The Bertz CT molecular complexity index is 350. The number of Topliss-reactive ketones (excluding diaryl/α,β-unsaturated/α-hetero) is 1. The molecule has 0 radical (unpaired) electrons. The van der Waals surface area contributed by atoms with Crippen LogP contribution in [0.3, 0.4) is 0 Å². The first-order valence-corrected chi connectivity index (χ1v) is 5.52. The van der Waals surface area contributed by atoms with Gasteiger partial charge >= 0.3 is 5.97 Å². The van der Waals surface area contributed by atoms with E-state index in [1.54, 1.807) is 0 Å². The summed E-state index contributed by atoms with van der Waals surface area (Å²) in [5, 5.41) is 0. The van der Waals surface area contributed by atoms with Gasteiger partial charge in [-0.3, -0.25) is 14.6 Å². The molecule has 3 unspecified atom stereocenters. The first kappa shape index (κ1) is 9.07. The van der Waals surface area contributed by atoms with Crippen LogP contribution in [0.1, 0.15) is 25.7 Å². The van der Waals surface area contributed by atoms with Crippen molar-refractivity contribution < 1.29 is 14.3 Å². The molecular weight excluding hydrogens is 194 g/mol. The van der Waals surface area contributed by atoms with Crippen LogP contribution in [0, 0.1) is 11.8 Å². The van der Waals surface area contributed by atoms with Gasteiger partial charge in [-0.1, -0.05) is 0 Å². The average Bonchev–Trinajstić information content (AvgIpc) is 2.22. The number of hydrogen-bond acceptors (Lipinski definition) is 4. The van der Waals surface area contributed by atoms with E-state index in [1.165, 1.54) is 6.21 Å². The maximum absolute atomic E-state index is 11.6. The predicted molar refractivity (Wildman–Crippen MR) is 52.6 cm³/mol. The van der Waals surface area contributed by atoms with Gasteiger partial charge in [0.15, 0.2) is 5.78 Å². The smallest absolute Gasteiger partial charge is 0.306 e. The molecule has 4 atom stereocenters. The van der Waals surface area contributed by atoms with Gasteiger partial charge in [0.2, 0.25) is 0 Å². The van der Waals surface area contributed by atoms with Crippen LogP contribution >= 0.6 is 0 Å². The summed E-state index contributed by atoms with van der Waals surface area (Å²) in [6.45, 7) is 0. The van der Waals surface area contributed by atoms with Gasteiger partial charge in [0, 0.05) is 18.3 Å². The average molecular weight is 207 g/mol. The molecule has 3 rings (SSSR count). The first-order valence-electron chi connectivity index (χ1n) is 5.52. The first-order chi connectivity index (χ1) is 7.25. The standard InChI is InChI=1S/C11H13NO3/c13-9-5-12-8-3-4-10(14)15-11(8)7-2-1-6(7)9/h5-8,11H,1-4H2/t6-,7?,8?,11?/m0/s1. The second kappa shape index (κ2) is 3.15. The molecule has 1 aliphatic carbocycles. The van der Waals surface area contributed by atoms with E-state index in [2.05, 4.69) is 4.99 Å². The van der Waals surface area contributed by atoms with Crippen LogP contribution in [0.4, 0.5) is 0 Å². The fourth-order valence-electron chi connectivity index (χ4n) is 2.79. The van der Waals surface area contributed by atoms with E-state index in [9.17, 15) is 9.59 Å². The Kier molecular flexibility index (Phi) is 1.90. The fourth-order valence-corrected chi connectivity index (χ4v) is 2.79. The highest BCUT2D eigenvalue weighted by Gasteiger charge is 2.48. The van der Waals surface area contributed by atoms with Crippen molar-refractivity contribution in [2.75, 3.05) is 0 Å². The van der Waals surface area contributed by atoms with Crippen LogP contribution in [-0.4, -0.2) is 30.1 Å². The van der Waals surface area contributed by atoms with E-state index in [-0.39, 0.29) is 35.7 Å². The molecule has 0 amide bonds. The minimum absolute atomic E-state index is 0.0296. The molecule has 4 heteroatoms. The summed E-state index contributed by atoms with van der Waals surface area (Å²) >= 11 is 0. The van der Waals surface area contributed by atoms with E-state index in [1.807, 2.05) is 0 Å². The molecule has 0 aromatic rings. The highest BCUT2D eigenvalue weighted by atomic mass is 16.5. The number of rotatable bonds is 0. The Morgan fingerprint density at radius 3 is 2.87 bits per heavy atom. The van der Waals surface area contributed by atoms with E-state index >= 15 is 0 Å². The van der Waals surface area contributed by atoms with E-state index in [0.29, 0.717) is 6.42 Å². The van der Waals surface area contributed by atoms with Crippen LogP contribution in [0.25, 0.3) is 0 Å². The Labute approximate surface area is 87.7 Å². The van der Waals surface area contributed by atoms with Crippen LogP contribution in [-0.2, 0) is 14.3 Å². The second-order valence-electron chi connectivity index (χ2n) is 4.59. The number of nitrogens with zero attached hydrogens (tertiary/aromatic N) is 1. The summed E-state index contributed by atoms with van der Waals surface area (Å²) < 4.78 is 5.35. The zero-order valence-corrected chi connectivity index (χ0v) is 8.39. The van der Waals surface area contributed by atoms with Gasteiger partial charge in [-0.2, -0.15) is 0 Å². The third-order valence-corrected chi connectivity index (χ3v) is 3.80. The van der Waals surface area contributed by atoms with E-state index < -0.39 is 0 Å². The number of carbonyl (C=O) groups excluding carboxylic acids is 2. The van der Waals surface area contributed by atoms with Gasteiger partial charge in [-0.25, -0.2) is 0 Å². The molecule has 1 saturated heterocycles. The normalized spacial score (nSPS) is 43.5. The van der Waals surface area contributed by atoms with Gasteiger partial charge in [0.05, 0.1) is 12.3 Å². The molecule has 15 heavy (non-hydrogen) atoms. The third-order valence-electron chi connectivity index (χ3n) is 3.80. The number of aliphatic imine (C=N–C) groups is 1.